The summed E-state index contributed by atoms with van der Waals surface area (Å²) in [5.74, 6) is 0.853. The number of nitrogens with one attached hydrogen (secondary N) is 1. The number of likely N-dealkylation sites (tertiary alicyclic amines) is 1. The molecule has 1 aliphatic rings. The third kappa shape index (κ3) is 5.39. The second kappa shape index (κ2) is 9.65. The number of carbonyl (C=O) groups is 1. The number of hydrogen-bond acceptors (Lipinski definition) is 4. The molecule has 2 aromatic rings. The summed E-state index contributed by atoms with van der Waals surface area (Å²) >= 11 is 0. The van der Waals surface area contributed by atoms with Crippen molar-refractivity contribution in [1.29, 1.82) is 0 Å². The first kappa shape index (κ1) is 19.5. The number of benzene rings is 2. The molecule has 0 aliphatic carbocycles. The highest BCUT2D eigenvalue weighted by Gasteiger charge is 2.33. The van der Waals surface area contributed by atoms with Gasteiger partial charge >= 0.3 is 0 Å². The Balaban J connectivity index is 1.49. The van der Waals surface area contributed by atoms with Crippen molar-refractivity contribution in [3.05, 3.63) is 71.3 Å². The van der Waals surface area contributed by atoms with Crippen LogP contribution in [0.25, 0.3) is 0 Å². The summed E-state index contributed by atoms with van der Waals surface area (Å²) in [4.78, 5) is 14.6. The van der Waals surface area contributed by atoms with E-state index in [1.54, 1.807) is 7.11 Å². The van der Waals surface area contributed by atoms with Crippen LogP contribution in [0.4, 0.5) is 0 Å². The van der Waals surface area contributed by atoms with Crippen molar-refractivity contribution in [2.45, 2.75) is 19.1 Å². The van der Waals surface area contributed by atoms with E-state index in [0.717, 1.165) is 24.2 Å². The first-order chi connectivity index (χ1) is 13.2. The number of nitrogens with zero attached hydrogens (tertiary/aromatic N) is 1. The molecule has 144 valence electrons. The molecule has 0 spiro atoms. The van der Waals surface area contributed by atoms with Crippen LogP contribution in [0.2, 0.25) is 0 Å². The number of ether oxygens (including phenoxy) is 1. The molecule has 0 unspecified atom stereocenters. The molecule has 1 saturated heterocycles. The quantitative estimate of drug-likeness (QED) is 0.750. The topological polar surface area (TPSA) is 67.6 Å². The third-order valence-corrected chi connectivity index (χ3v) is 5.24. The van der Waals surface area contributed by atoms with E-state index in [0.29, 0.717) is 38.1 Å². The average molecular weight is 367 g/mol. The Kier molecular flexibility index (Phi) is 6.98. The number of hydrogen-bond donors (Lipinski definition) is 2. The smallest absolute Gasteiger partial charge is 0.234 e. The van der Waals surface area contributed by atoms with Gasteiger partial charge in [-0.25, -0.2) is 0 Å². The normalized spacial score (nSPS) is 19.9. The fourth-order valence-corrected chi connectivity index (χ4v) is 3.79. The number of amides is 1. The summed E-state index contributed by atoms with van der Waals surface area (Å²) in [6, 6.07) is 18.6. The SMILES string of the molecule is COCc1ccc(CNC(=O)CN2C[C@@H](CN)[C@H](c3ccccc3)C2)cc1. The monoisotopic (exact) mass is 367 g/mol. The van der Waals surface area contributed by atoms with Gasteiger partial charge in [0.25, 0.3) is 0 Å². The van der Waals surface area contributed by atoms with Crippen molar-refractivity contribution in [2.75, 3.05) is 33.3 Å². The predicted molar refractivity (Wildman–Crippen MR) is 107 cm³/mol. The fourth-order valence-electron chi connectivity index (χ4n) is 3.79. The van der Waals surface area contributed by atoms with E-state index in [4.69, 9.17) is 10.5 Å². The molecule has 0 saturated carbocycles. The molecule has 0 radical (unpaired) electrons. The van der Waals surface area contributed by atoms with Gasteiger partial charge in [-0.1, -0.05) is 54.6 Å². The van der Waals surface area contributed by atoms with Crippen molar-refractivity contribution in [3.63, 3.8) is 0 Å². The van der Waals surface area contributed by atoms with Gasteiger partial charge in [0, 0.05) is 32.7 Å². The molecule has 27 heavy (non-hydrogen) atoms. The maximum Gasteiger partial charge on any atom is 0.234 e. The predicted octanol–water partition coefficient (Wildman–Crippen LogP) is 2.12. The van der Waals surface area contributed by atoms with Crippen LogP contribution in [0.15, 0.2) is 54.6 Å². The minimum Gasteiger partial charge on any atom is -0.380 e. The van der Waals surface area contributed by atoms with E-state index in [-0.39, 0.29) is 5.91 Å². The molecule has 2 aromatic carbocycles. The molecule has 1 heterocycles. The second-order valence-corrected chi connectivity index (χ2v) is 7.23. The van der Waals surface area contributed by atoms with Crippen molar-refractivity contribution in [2.24, 2.45) is 11.7 Å². The molecule has 1 fully saturated rings. The number of methoxy groups -OCH3 is 1. The summed E-state index contributed by atoms with van der Waals surface area (Å²) in [5.41, 5.74) is 9.52. The molecule has 1 aliphatic heterocycles. The molecular weight excluding hydrogens is 338 g/mol. The number of rotatable bonds is 8. The average Bonchev–Trinajstić information content (AvgIpc) is 3.11. The standard InChI is InChI=1S/C22H29N3O2/c1-27-16-18-9-7-17(8-10-18)12-24-22(26)15-25-13-20(11-23)21(14-25)19-5-3-2-4-6-19/h2-10,20-21H,11-16,23H2,1H3,(H,24,26)/t20-,21+/m1/s1. The Morgan fingerprint density at radius 2 is 1.81 bits per heavy atom. The third-order valence-electron chi connectivity index (χ3n) is 5.24. The highest BCUT2D eigenvalue weighted by atomic mass is 16.5. The number of nitrogens with two attached hydrogens (primary N) is 1. The highest BCUT2D eigenvalue weighted by Crippen LogP contribution is 2.31. The summed E-state index contributed by atoms with van der Waals surface area (Å²) in [6.45, 7) is 3.96. The van der Waals surface area contributed by atoms with Crippen LogP contribution in [0.1, 0.15) is 22.6 Å². The molecule has 0 bridgehead atoms. The van der Waals surface area contributed by atoms with Gasteiger partial charge in [0.1, 0.15) is 0 Å². The van der Waals surface area contributed by atoms with E-state index in [9.17, 15) is 4.79 Å². The van der Waals surface area contributed by atoms with Crippen LogP contribution >= 0.6 is 0 Å². The zero-order valence-electron chi connectivity index (χ0n) is 15.9. The zero-order valence-corrected chi connectivity index (χ0v) is 15.9. The molecule has 5 heteroatoms. The van der Waals surface area contributed by atoms with Gasteiger partial charge in [0.15, 0.2) is 0 Å². The van der Waals surface area contributed by atoms with Crippen LogP contribution in [0, 0.1) is 5.92 Å². The summed E-state index contributed by atoms with van der Waals surface area (Å²) in [6.07, 6.45) is 0. The van der Waals surface area contributed by atoms with E-state index >= 15 is 0 Å². The fraction of sp³-hybridized carbons (Fsp3) is 0.409. The Bertz CT molecular complexity index is 718. The van der Waals surface area contributed by atoms with Gasteiger partial charge in [0.2, 0.25) is 5.91 Å². The van der Waals surface area contributed by atoms with E-state index in [2.05, 4.69) is 34.5 Å². The largest absolute Gasteiger partial charge is 0.380 e. The van der Waals surface area contributed by atoms with Crippen LogP contribution < -0.4 is 11.1 Å². The lowest BCUT2D eigenvalue weighted by Gasteiger charge is -2.16. The van der Waals surface area contributed by atoms with Gasteiger partial charge in [-0.2, -0.15) is 0 Å². The maximum atomic E-state index is 12.4. The first-order valence-corrected chi connectivity index (χ1v) is 9.50. The zero-order chi connectivity index (χ0) is 19.1. The van der Waals surface area contributed by atoms with Crippen molar-refractivity contribution in [1.82, 2.24) is 10.2 Å². The van der Waals surface area contributed by atoms with E-state index in [1.165, 1.54) is 5.56 Å². The molecular formula is C22H29N3O2. The van der Waals surface area contributed by atoms with Crippen molar-refractivity contribution in [3.8, 4) is 0 Å². The van der Waals surface area contributed by atoms with Gasteiger partial charge in [-0.05, 0) is 29.2 Å². The molecule has 5 nitrogen and oxygen atoms in total. The van der Waals surface area contributed by atoms with Crippen LogP contribution in [-0.4, -0.2) is 44.1 Å². The van der Waals surface area contributed by atoms with Gasteiger partial charge < -0.3 is 15.8 Å². The first-order valence-electron chi connectivity index (χ1n) is 9.50. The summed E-state index contributed by atoms with van der Waals surface area (Å²) < 4.78 is 5.11. The molecule has 2 atom stereocenters. The van der Waals surface area contributed by atoms with Crippen molar-refractivity contribution < 1.29 is 9.53 Å². The molecule has 0 aromatic heterocycles. The Morgan fingerprint density at radius 3 is 2.48 bits per heavy atom. The molecule has 3 N–H and O–H groups in total. The van der Waals surface area contributed by atoms with Crippen LogP contribution in [0.5, 0.6) is 0 Å². The minimum absolute atomic E-state index is 0.0560. The lowest BCUT2D eigenvalue weighted by atomic mass is 9.89. The van der Waals surface area contributed by atoms with Gasteiger partial charge in [0.05, 0.1) is 13.2 Å². The molecule has 1 amide bonds. The Hall–Kier alpha value is -2.21. The van der Waals surface area contributed by atoms with Crippen LogP contribution in [-0.2, 0) is 22.7 Å². The second-order valence-electron chi connectivity index (χ2n) is 7.23. The van der Waals surface area contributed by atoms with E-state index < -0.39 is 0 Å². The van der Waals surface area contributed by atoms with Gasteiger partial charge in [-0.3, -0.25) is 9.69 Å². The lowest BCUT2D eigenvalue weighted by Crippen LogP contribution is -2.36. The van der Waals surface area contributed by atoms with Crippen molar-refractivity contribution >= 4 is 5.91 Å². The molecule has 3 rings (SSSR count). The van der Waals surface area contributed by atoms with Crippen LogP contribution in [0.3, 0.4) is 0 Å². The minimum atomic E-state index is 0.0560. The Morgan fingerprint density at radius 1 is 1.11 bits per heavy atom. The summed E-state index contributed by atoms with van der Waals surface area (Å²) in [7, 11) is 1.68. The Labute approximate surface area is 161 Å². The maximum absolute atomic E-state index is 12.4. The number of carbonyl (C=O) groups excluding carboxylic acids is 1. The highest BCUT2D eigenvalue weighted by molar-refractivity contribution is 5.78. The van der Waals surface area contributed by atoms with Gasteiger partial charge in [-0.15, -0.1) is 0 Å². The summed E-state index contributed by atoms with van der Waals surface area (Å²) in [5, 5.41) is 3.02. The lowest BCUT2D eigenvalue weighted by molar-refractivity contribution is -0.122. The van der Waals surface area contributed by atoms with E-state index in [1.807, 2.05) is 30.3 Å².